The van der Waals surface area contributed by atoms with Crippen molar-refractivity contribution in [2.24, 2.45) is 0 Å². The summed E-state index contributed by atoms with van der Waals surface area (Å²) in [6.07, 6.45) is 0. The van der Waals surface area contributed by atoms with Crippen LogP contribution in [-0.2, 0) is 4.79 Å². The lowest BCUT2D eigenvalue weighted by Crippen LogP contribution is -2.39. The van der Waals surface area contributed by atoms with Crippen LogP contribution in [0.15, 0.2) is 108 Å². The Morgan fingerprint density at radius 1 is 0.774 bits per heavy atom. The predicted molar refractivity (Wildman–Crippen MR) is 122 cm³/mol. The van der Waals surface area contributed by atoms with E-state index in [9.17, 15) is 9.59 Å². The zero-order valence-electron chi connectivity index (χ0n) is 17.2. The molecule has 0 aliphatic heterocycles. The Morgan fingerprint density at radius 3 is 1.84 bits per heavy atom. The van der Waals surface area contributed by atoms with E-state index in [1.807, 2.05) is 91.0 Å². The Hall–Kier alpha value is -3.99. The molecule has 4 aromatic rings. The summed E-state index contributed by atoms with van der Waals surface area (Å²) in [4.78, 5) is 25.7. The van der Waals surface area contributed by atoms with Crippen LogP contribution in [0.5, 0.6) is 0 Å². The molecule has 0 aliphatic rings. The van der Waals surface area contributed by atoms with Gasteiger partial charge in [-0.1, -0.05) is 91.0 Å². The Balaban J connectivity index is 1.63. The first-order valence-electron chi connectivity index (χ1n) is 10.2. The zero-order chi connectivity index (χ0) is 21.6. The second-order valence-electron chi connectivity index (χ2n) is 7.31. The van der Waals surface area contributed by atoms with E-state index in [-0.39, 0.29) is 17.5 Å². The van der Waals surface area contributed by atoms with Gasteiger partial charge in [0.2, 0.25) is 5.91 Å². The van der Waals surface area contributed by atoms with Crippen molar-refractivity contribution in [3.8, 4) is 11.3 Å². The molecule has 0 spiro atoms. The maximum Gasteiger partial charge on any atom is 0.267 e. The highest BCUT2D eigenvalue weighted by atomic mass is 16.2. The van der Waals surface area contributed by atoms with Gasteiger partial charge in [-0.25, -0.2) is 4.68 Å². The third-order valence-corrected chi connectivity index (χ3v) is 5.19. The molecule has 1 heterocycles. The first kappa shape index (κ1) is 20.3. The van der Waals surface area contributed by atoms with Crippen LogP contribution in [0.3, 0.4) is 0 Å². The maximum absolute atomic E-state index is 13.2. The lowest BCUT2D eigenvalue weighted by atomic mass is 9.98. The summed E-state index contributed by atoms with van der Waals surface area (Å²) in [5.74, 6) is -0.280. The second kappa shape index (κ2) is 9.22. The van der Waals surface area contributed by atoms with Crippen molar-refractivity contribution >= 4 is 5.91 Å². The summed E-state index contributed by atoms with van der Waals surface area (Å²) in [6.45, 7) is 1.69. The van der Waals surface area contributed by atoms with Gasteiger partial charge in [-0.2, -0.15) is 5.10 Å². The molecule has 1 atom stereocenters. The van der Waals surface area contributed by atoms with Crippen LogP contribution in [-0.4, -0.2) is 15.7 Å². The first-order valence-corrected chi connectivity index (χ1v) is 10.2. The summed E-state index contributed by atoms with van der Waals surface area (Å²) < 4.78 is 1.24. The molecule has 5 nitrogen and oxygen atoms in total. The van der Waals surface area contributed by atoms with Gasteiger partial charge in [0.1, 0.15) is 6.04 Å². The minimum Gasteiger partial charge on any atom is -0.343 e. The lowest BCUT2D eigenvalue weighted by molar-refractivity contribution is -0.124. The van der Waals surface area contributed by atoms with Gasteiger partial charge in [0.25, 0.3) is 5.56 Å². The number of nitrogens with zero attached hydrogens (tertiary/aromatic N) is 2. The molecular weight excluding hydrogens is 386 g/mol. The first-order chi connectivity index (χ1) is 15.1. The minimum atomic E-state index is -0.772. The van der Waals surface area contributed by atoms with Crippen molar-refractivity contribution in [3.63, 3.8) is 0 Å². The third-order valence-electron chi connectivity index (χ3n) is 5.19. The molecule has 0 bridgehead atoms. The van der Waals surface area contributed by atoms with Crippen molar-refractivity contribution in [2.45, 2.75) is 19.0 Å². The van der Waals surface area contributed by atoms with Gasteiger partial charge in [-0.3, -0.25) is 9.59 Å². The number of benzene rings is 3. The van der Waals surface area contributed by atoms with E-state index in [0.29, 0.717) is 5.69 Å². The minimum absolute atomic E-state index is 0.280. The largest absolute Gasteiger partial charge is 0.343 e. The number of amides is 1. The summed E-state index contributed by atoms with van der Waals surface area (Å²) in [5, 5.41) is 7.56. The molecule has 0 saturated heterocycles. The fourth-order valence-corrected chi connectivity index (χ4v) is 3.49. The standard InChI is InChI=1S/C26H23N3O2/c1-19(29-24(30)18-17-23(28-29)20-11-5-2-6-12-20)26(31)27-25(21-13-7-3-8-14-21)22-15-9-4-10-16-22/h2-19,25H,1H3,(H,27,31). The molecule has 154 valence electrons. The van der Waals surface area contributed by atoms with E-state index in [4.69, 9.17) is 0 Å². The van der Waals surface area contributed by atoms with E-state index in [1.165, 1.54) is 10.7 Å². The maximum atomic E-state index is 13.2. The number of carbonyl (C=O) groups excluding carboxylic acids is 1. The quantitative estimate of drug-likeness (QED) is 0.514. The van der Waals surface area contributed by atoms with Gasteiger partial charge >= 0.3 is 0 Å². The topological polar surface area (TPSA) is 64.0 Å². The molecule has 31 heavy (non-hydrogen) atoms. The molecular formula is C26H23N3O2. The molecule has 0 aliphatic carbocycles. The van der Waals surface area contributed by atoms with E-state index in [1.54, 1.807) is 13.0 Å². The summed E-state index contributed by atoms with van der Waals surface area (Å²) in [6, 6.07) is 31.1. The fraction of sp³-hybridized carbons (Fsp3) is 0.115. The van der Waals surface area contributed by atoms with E-state index < -0.39 is 6.04 Å². The Kier molecular flexibility index (Phi) is 6.03. The molecule has 5 heteroatoms. The van der Waals surface area contributed by atoms with Crippen molar-refractivity contribution in [1.29, 1.82) is 0 Å². The van der Waals surface area contributed by atoms with E-state index in [2.05, 4.69) is 10.4 Å². The third kappa shape index (κ3) is 4.61. The van der Waals surface area contributed by atoms with Gasteiger partial charge in [0.15, 0.2) is 0 Å². The summed E-state index contributed by atoms with van der Waals surface area (Å²) in [5.41, 5.74) is 3.14. The lowest BCUT2D eigenvalue weighted by Gasteiger charge is -2.22. The monoisotopic (exact) mass is 409 g/mol. The van der Waals surface area contributed by atoms with Crippen molar-refractivity contribution < 1.29 is 4.79 Å². The molecule has 0 saturated carbocycles. The van der Waals surface area contributed by atoms with Crippen LogP contribution in [0.4, 0.5) is 0 Å². The zero-order valence-corrected chi connectivity index (χ0v) is 17.2. The highest BCUT2D eigenvalue weighted by molar-refractivity contribution is 5.80. The normalized spacial score (nSPS) is 11.8. The Labute approximate surface area is 181 Å². The van der Waals surface area contributed by atoms with Crippen LogP contribution >= 0.6 is 0 Å². The molecule has 1 aromatic heterocycles. The average Bonchev–Trinajstić information content (AvgIpc) is 2.84. The number of hydrogen-bond acceptors (Lipinski definition) is 3. The Morgan fingerprint density at radius 2 is 1.29 bits per heavy atom. The number of aromatic nitrogens is 2. The molecule has 1 N–H and O–H groups in total. The molecule has 3 aromatic carbocycles. The number of rotatable bonds is 6. The van der Waals surface area contributed by atoms with Crippen LogP contribution < -0.4 is 10.9 Å². The molecule has 0 radical (unpaired) electrons. The van der Waals surface area contributed by atoms with Gasteiger partial charge < -0.3 is 5.32 Å². The van der Waals surface area contributed by atoms with Gasteiger partial charge in [0.05, 0.1) is 11.7 Å². The van der Waals surface area contributed by atoms with Gasteiger partial charge in [-0.05, 0) is 24.1 Å². The van der Waals surface area contributed by atoms with E-state index >= 15 is 0 Å². The highest BCUT2D eigenvalue weighted by Crippen LogP contribution is 2.23. The van der Waals surface area contributed by atoms with Crippen LogP contribution in [0.1, 0.15) is 30.1 Å². The predicted octanol–water partition coefficient (Wildman–Crippen LogP) is 4.38. The van der Waals surface area contributed by atoms with Crippen LogP contribution in [0.2, 0.25) is 0 Å². The van der Waals surface area contributed by atoms with Crippen molar-refractivity contribution in [1.82, 2.24) is 15.1 Å². The van der Waals surface area contributed by atoms with Crippen molar-refractivity contribution in [2.75, 3.05) is 0 Å². The Bertz CT molecular complexity index is 1170. The van der Waals surface area contributed by atoms with Crippen molar-refractivity contribution in [3.05, 3.63) is 125 Å². The molecule has 1 amide bonds. The fourth-order valence-electron chi connectivity index (χ4n) is 3.49. The number of nitrogens with one attached hydrogen (secondary N) is 1. The van der Waals surface area contributed by atoms with Crippen LogP contribution in [0.25, 0.3) is 11.3 Å². The number of carbonyl (C=O) groups is 1. The average molecular weight is 409 g/mol. The second-order valence-corrected chi connectivity index (χ2v) is 7.31. The van der Waals surface area contributed by atoms with Gasteiger partial charge in [0, 0.05) is 11.6 Å². The number of hydrogen-bond donors (Lipinski definition) is 1. The molecule has 4 rings (SSSR count). The van der Waals surface area contributed by atoms with E-state index in [0.717, 1.165) is 16.7 Å². The molecule has 1 unspecified atom stereocenters. The highest BCUT2D eigenvalue weighted by Gasteiger charge is 2.23. The molecule has 0 fully saturated rings. The smallest absolute Gasteiger partial charge is 0.267 e. The summed E-state index contributed by atoms with van der Waals surface area (Å²) >= 11 is 0. The summed E-state index contributed by atoms with van der Waals surface area (Å²) in [7, 11) is 0. The van der Waals surface area contributed by atoms with Gasteiger partial charge in [-0.15, -0.1) is 0 Å². The van der Waals surface area contributed by atoms with Crippen LogP contribution in [0, 0.1) is 0 Å². The SMILES string of the molecule is CC(C(=O)NC(c1ccccc1)c1ccccc1)n1nc(-c2ccccc2)ccc1=O.